The van der Waals surface area contributed by atoms with Gasteiger partial charge < -0.3 is 9.64 Å². The van der Waals surface area contributed by atoms with Gasteiger partial charge in [-0.05, 0) is 12.1 Å². The molecule has 1 aliphatic rings. The third-order valence-electron chi connectivity index (χ3n) is 2.40. The zero-order valence-electron chi connectivity index (χ0n) is 8.36. The minimum Gasteiger partial charge on any atom is -0.491 e. The number of hydrogen-bond acceptors (Lipinski definition) is 3. The number of ether oxygens (including phenoxy) is 1. The largest absolute Gasteiger partial charge is 0.491 e. The molecule has 0 unspecified atom stereocenters. The number of benzene rings is 1. The number of amides is 1. The van der Waals surface area contributed by atoms with Gasteiger partial charge in [0.1, 0.15) is 5.75 Å². The number of nitrogens with zero attached hydrogens (tertiary/aromatic N) is 2. The van der Waals surface area contributed by atoms with E-state index in [4.69, 9.17) is 10.00 Å². The summed E-state index contributed by atoms with van der Waals surface area (Å²) in [6.45, 7) is 0.366. The van der Waals surface area contributed by atoms with Gasteiger partial charge in [-0.25, -0.2) is 0 Å². The van der Waals surface area contributed by atoms with Crippen molar-refractivity contribution in [2.75, 3.05) is 18.6 Å². The van der Waals surface area contributed by atoms with Gasteiger partial charge in [-0.1, -0.05) is 0 Å². The predicted molar refractivity (Wildman–Crippen MR) is 54.7 cm³/mol. The van der Waals surface area contributed by atoms with E-state index in [2.05, 4.69) is 0 Å². The van der Waals surface area contributed by atoms with Crippen molar-refractivity contribution in [2.45, 2.75) is 6.42 Å². The minimum atomic E-state index is 0.0263. The number of nitriles is 1. The Morgan fingerprint density at radius 1 is 1.53 bits per heavy atom. The fraction of sp³-hybridized carbons (Fsp3) is 0.273. The summed E-state index contributed by atoms with van der Waals surface area (Å²) in [7, 11) is 1.71. The Morgan fingerprint density at radius 2 is 2.33 bits per heavy atom. The second-order valence-electron chi connectivity index (χ2n) is 3.35. The lowest BCUT2D eigenvalue weighted by Crippen LogP contribution is -2.25. The molecule has 0 aliphatic carbocycles. The monoisotopic (exact) mass is 202 g/mol. The number of fused-ring (bicyclic) bond motifs is 1. The molecule has 76 valence electrons. The van der Waals surface area contributed by atoms with Crippen molar-refractivity contribution in [3.63, 3.8) is 0 Å². The summed E-state index contributed by atoms with van der Waals surface area (Å²) in [6, 6.07) is 7.11. The van der Waals surface area contributed by atoms with E-state index in [1.165, 1.54) is 0 Å². The first-order chi connectivity index (χ1) is 7.22. The molecule has 0 bridgehead atoms. The maximum Gasteiger partial charge on any atom is 0.230 e. The molecule has 4 heteroatoms. The van der Waals surface area contributed by atoms with Crippen LogP contribution in [0.25, 0.3) is 0 Å². The van der Waals surface area contributed by atoms with E-state index in [0.717, 1.165) is 5.69 Å². The first kappa shape index (κ1) is 9.53. The Labute approximate surface area is 87.7 Å². The van der Waals surface area contributed by atoms with Crippen molar-refractivity contribution in [1.29, 1.82) is 5.26 Å². The summed E-state index contributed by atoms with van der Waals surface area (Å²) in [5.41, 5.74) is 1.26. The average molecular weight is 202 g/mol. The molecule has 0 radical (unpaired) electrons. The molecular formula is C11H10N2O2. The highest BCUT2D eigenvalue weighted by Crippen LogP contribution is 2.31. The van der Waals surface area contributed by atoms with Gasteiger partial charge in [-0.15, -0.1) is 0 Å². The van der Waals surface area contributed by atoms with Crippen molar-refractivity contribution in [3.8, 4) is 11.8 Å². The van der Waals surface area contributed by atoms with Crippen molar-refractivity contribution in [3.05, 3.63) is 23.8 Å². The van der Waals surface area contributed by atoms with Crippen molar-refractivity contribution in [1.82, 2.24) is 0 Å². The Kier molecular flexibility index (Phi) is 2.30. The second-order valence-corrected chi connectivity index (χ2v) is 3.35. The van der Waals surface area contributed by atoms with Crippen molar-refractivity contribution in [2.24, 2.45) is 0 Å². The van der Waals surface area contributed by atoms with Gasteiger partial charge in [-0.2, -0.15) is 5.26 Å². The Hall–Kier alpha value is -2.02. The molecule has 1 amide bonds. The Balaban J connectivity index is 2.49. The van der Waals surface area contributed by atoms with E-state index in [0.29, 0.717) is 24.3 Å². The van der Waals surface area contributed by atoms with Crippen LogP contribution >= 0.6 is 0 Å². The minimum absolute atomic E-state index is 0.0263. The average Bonchev–Trinajstić information content (AvgIpc) is 2.40. The normalized spacial score (nSPS) is 14.9. The topological polar surface area (TPSA) is 53.3 Å². The summed E-state index contributed by atoms with van der Waals surface area (Å²) in [5.74, 6) is 0.626. The van der Waals surface area contributed by atoms with Crippen LogP contribution < -0.4 is 9.64 Å². The van der Waals surface area contributed by atoms with E-state index >= 15 is 0 Å². The molecule has 0 saturated carbocycles. The lowest BCUT2D eigenvalue weighted by molar-refractivity contribution is -0.118. The quantitative estimate of drug-likeness (QED) is 0.637. The SMILES string of the molecule is CN1C(=O)CCOc2cc(C#N)ccc21. The smallest absolute Gasteiger partial charge is 0.230 e. The summed E-state index contributed by atoms with van der Waals surface area (Å²) < 4.78 is 5.42. The molecule has 1 aromatic carbocycles. The van der Waals surface area contributed by atoms with Gasteiger partial charge >= 0.3 is 0 Å². The van der Waals surface area contributed by atoms with E-state index in [9.17, 15) is 4.79 Å². The lowest BCUT2D eigenvalue weighted by Gasteiger charge is -2.15. The van der Waals surface area contributed by atoms with Gasteiger partial charge in [0.15, 0.2) is 0 Å². The van der Waals surface area contributed by atoms with Crippen LogP contribution in [-0.2, 0) is 4.79 Å². The number of rotatable bonds is 0. The van der Waals surface area contributed by atoms with Crippen LogP contribution in [0.1, 0.15) is 12.0 Å². The standard InChI is InChI=1S/C11H10N2O2/c1-13-9-3-2-8(7-12)6-10(9)15-5-4-11(13)14/h2-3,6H,4-5H2,1H3. The molecule has 2 rings (SSSR count). The van der Waals surface area contributed by atoms with Crippen LogP contribution in [0.3, 0.4) is 0 Å². The van der Waals surface area contributed by atoms with Gasteiger partial charge in [-0.3, -0.25) is 4.79 Å². The molecule has 1 aromatic rings. The van der Waals surface area contributed by atoms with Crippen LogP contribution in [0.4, 0.5) is 5.69 Å². The molecular weight excluding hydrogens is 192 g/mol. The molecule has 15 heavy (non-hydrogen) atoms. The van der Waals surface area contributed by atoms with E-state index < -0.39 is 0 Å². The second kappa shape index (κ2) is 3.62. The maximum absolute atomic E-state index is 11.5. The summed E-state index contributed by atoms with van der Waals surface area (Å²) in [4.78, 5) is 13.1. The van der Waals surface area contributed by atoms with Crippen LogP contribution in [0.2, 0.25) is 0 Å². The Bertz CT molecular complexity index is 448. The molecule has 1 heterocycles. The van der Waals surface area contributed by atoms with E-state index in [1.54, 1.807) is 30.1 Å². The van der Waals surface area contributed by atoms with Gasteiger partial charge in [0.2, 0.25) is 5.91 Å². The highest BCUT2D eigenvalue weighted by atomic mass is 16.5. The van der Waals surface area contributed by atoms with Crippen molar-refractivity contribution < 1.29 is 9.53 Å². The lowest BCUT2D eigenvalue weighted by atomic mass is 10.2. The van der Waals surface area contributed by atoms with Gasteiger partial charge in [0.25, 0.3) is 0 Å². The summed E-state index contributed by atoms with van der Waals surface area (Å²) >= 11 is 0. The first-order valence-corrected chi connectivity index (χ1v) is 4.66. The third kappa shape index (κ3) is 1.64. The summed E-state index contributed by atoms with van der Waals surface area (Å²) in [5, 5.41) is 8.74. The molecule has 0 N–H and O–H groups in total. The highest BCUT2D eigenvalue weighted by Gasteiger charge is 2.19. The maximum atomic E-state index is 11.5. The highest BCUT2D eigenvalue weighted by molar-refractivity contribution is 5.95. The van der Waals surface area contributed by atoms with E-state index in [-0.39, 0.29) is 5.91 Å². The number of carbonyl (C=O) groups excluding carboxylic acids is 1. The molecule has 4 nitrogen and oxygen atoms in total. The molecule has 0 spiro atoms. The third-order valence-corrected chi connectivity index (χ3v) is 2.40. The zero-order valence-corrected chi connectivity index (χ0v) is 8.36. The van der Waals surface area contributed by atoms with Gasteiger partial charge in [0.05, 0.1) is 30.3 Å². The predicted octanol–water partition coefficient (Wildman–Crippen LogP) is 1.30. The van der Waals surface area contributed by atoms with Crippen LogP contribution in [-0.4, -0.2) is 19.6 Å². The first-order valence-electron chi connectivity index (χ1n) is 4.66. The van der Waals surface area contributed by atoms with E-state index in [1.807, 2.05) is 6.07 Å². The fourth-order valence-electron chi connectivity index (χ4n) is 1.53. The zero-order chi connectivity index (χ0) is 10.8. The number of carbonyl (C=O) groups is 1. The van der Waals surface area contributed by atoms with Gasteiger partial charge in [0, 0.05) is 13.1 Å². The van der Waals surface area contributed by atoms with Crippen LogP contribution in [0.15, 0.2) is 18.2 Å². The molecule has 0 aromatic heterocycles. The van der Waals surface area contributed by atoms with Crippen LogP contribution in [0, 0.1) is 11.3 Å². The number of anilines is 1. The molecule has 0 fully saturated rings. The Morgan fingerprint density at radius 3 is 3.07 bits per heavy atom. The summed E-state index contributed by atoms with van der Waals surface area (Å²) in [6.07, 6.45) is 0.368. The van der Waals surface area contributed by atoms with Crippen LogP contribution in [0.5, 0.6) is 5.75 Å². The fourth-order valence-corrected chi connectivity index (χ4v) is 1.53. The van der Waals surface area contributed by atoms with Crippen molar-refractivity contribution >= 4 is 11.6 Å². The molecule has 0 atom stereocenters. The molecule has 0 saturated heterocycles. The molecule has 1 aliphatic heterocycles. The number of hydrogen-bond donors (Lipinski definition) is 0.